The molecule has 1 aromatic rings. The van der Waals surface area contributed by atoms with E-state index in [9.17, 15) is 14.7 Å². The molecule has 0 aliphatic carbocycles. The number of likely N-dealkylation sites (N-methyl/N-ethyl adjacent to an activating group) is 1. The second-order valence-electron chi connectivity index (χ2n) is 5.94. The first-order valence-corrected chi connectivity index (χ1v) is 8.46. The van der Waals surface area contributed by atoms with Crippen molar-refractivity contribution in [2.75, 3.05) is 33.9 Å². The van der Waals surface area contributed by atoms with E-state index in [-0.39, 0.29) is 24.8 Å². The van der Waals surface area contributed by atoms with Gasteiger partial charge in [-0.25, -0.2) is 0 Å². The van der Waals surface area contributed by atoms with Crippen LogP contribution in [0.2, 0.25) is 0 Å². The molecule has 138 valence electrons. The summed E-state index contributed by atoms with van der Waals surface area (Å²) >= 11 is 0. The first-order valence-electron chi connectivity index (χ1n) is 8.46. The molecule has 1 aliphatic rings. The molecule has 1 aromatic carbocycles. The van der Waals surface area contributed by atoms with Crippen LogP contribution in [-0.2, 0) is 4.79 Å². The molecule has 0 saturated carbocycles. The Bertz CT molecular complexity index is 630. The van der Waals surface area contributed by atoms with Crippen LogP contribution < -0.4 is 9.47 Å². The summed E-state index contributed by atoms with van der Waals surface area (Å²) in [4.78, 5) is 28.8. The average Bonchev–Trinajstić information content (AvgIpc) is 3.03. The van der Waals surface area contributed by atoms with Crippen LogP contribution in [0, 0.1) is 0 Å². The number of amides is 2. The van der Waals surface area contributed by atoms with Gasteiger partial charge in [0, 0.05) is 31.6 Å². The van der Waals surface area contributed by atoms with Crippen molar-refractivity contribution in [3.8, 4) is 11.5 Å². The van der Waals surface area contributed by atoms with E-state index in [1.165, 1.54) is 19.1 Å². The number of aliphatic hydroxyl groups is 1. The van der Waals surface area contributed by atoms with Crippen molar-refractivity contribution in [1.29, 1.82) is 0 Å². The van der Waals surface area contributed by atoms with Crippen molar-refractivity contribution < 1.29 is 24.2 Å². The second kappa shape index (κ2) is 8.20. The molecule has 1 N–H and O–H groups in total. The molecule has 2 amide bonds. The zero-order chi connectivity index (χ0) is 18.6. The molecule has 0 bridgehead atoms. The predicted molar refractivity (Wildman–Crippen MR) is 92.9 cm³/mol. The standard InChI is InChI=1S/C18H26N2O5/c1-5-19(6-2)18(23)14-10-13(21)11-20(14)17(22)12-7-8-15(24-3)16(9-12)25-4/h7-9,13-14,21H,5-6,10-11H2,1-4H3/t13-,14?/m1/s1. The maximum absolute atomic E-state index is 12.9. The largest absolute Gasteiger partial charge is 0.493 e. The van der Waals surface area contributed by atoms with Crippen LogP contribution in [0.4, 0.5) is 0 Å². The highest BCUT2D eigenvalue weighted by Crippen LogP contribution is 2.29. The molecular formula is C18H26N2O5. The Hall–Kier alpha value is -2.28. The third-order valence-electron chi connectivity index (χ3n) is 4.53. The van der Waals surface area contributed by atoms with Crippen molar-refractivity contribution in [3.63, 3.8) is 0 Å². The van der Waals surface area contributed by atoms with E-state index in [0.29, 0.717) is 30.2 Å². The van der Waals surface area contributed by atoms with Gasteiger partial charge in [-0.15, -0.1) is 0 Å². The highest BCUT2D eigenvalue weighted by molar-refractivity contribution is 5.98. The summed E-state index contributed by atoms with van der Waals surface area (Å²) < 4.78 is 10.4. The monoisotopic (exact) mass is 350 g/mol. The van der Waals surface area contributed by atoms with E-state index >= 15 is 0 Å². The van der Waals surface area contributed by atoms with Crippen LogP contribution in [0.5, 0.6) is 11.5 Å². The second-order valence-corrected chi connectivity index (χ2v) is 5.94. The normalized spacial score (nSPS) is 19.6. The molecule has 1 heterocycles. The average molecular weight is 350 g/mol. The molecule has 7 heteroatoms. The van der Waals surface area contributed by atoms with Gasteiger partial charge < -0.3 is 24.4 Å². The Morgan fingerprint density at radius 2 is 1.84 bits per heavy atom. The maximum atomic E-state index is 12.9. The zero-order valence-electron chi connectivity index (χ0n) is 15.2. The lowest BCUT2D eigenvalue weighted by atomic mass is 10.1. The van der Waals surface area contributed by atoms with E-state index in [1.807, 2.05) is 13.8 Å². The molecule has 1 fully saturated rings. The number of rotatable bonds is 6. The minimum atomic E-state index is -0.700. The number of carbonyl (C=O) groups is 2. The zero-order valence-corrected chi connectivity index (χ0v) is 15.2. The van der Waals surface area contributed by atoms with Gasteiger partial charge in [0.1, 0.15) is 6.04 Å². The highest BCUT2D eigenvalue weighted by atomic mass is 16.5. The predicted octanol–water partition coefficient (Wildman–Crippen LogP) is 1.15. The van der Waals surface area contributed by atoms with Gasteiger partial charge in [-0.1, -0.05) is 0 Å². The molecule has 25 heavy (non-hydrogen) atoms. The van der Waals surface area contributed by atoms with Crippen molar-refractivity contribution in [2.24, 2.45) is 0 Å². The summed E-state index contributed by atoms with van der Waals surface area (Å²) in [5.41, 5.74) is 0.393. The van der Waals surface area contributed by atoms with E-state index in [2.05, 4.69) is 0 Å². The molecule has 2 rings (SSSR count). The lowest BCUT2D eigenvalue weighted by Gasteiger charge is -2.29. The molecule has 0 spiro atoms. The van der Waals surface area contributed by atoms with Gasteiger partial charge in [0.05, 0.1) is 20.3 Å². The fourth-order valence-electron chi connectivity index (χ4n) is 3.15. The van der Waals surface area contributed by atoms with Gasteiger partial charge in [-0.2, -0.15) is 0 Å². The van der Waals surface area contributed by atoms with Crippen LogP contribution in [0.25, 0.3) is 0 Å². The van der Waals surface area contributed by atoms with Gasteiger partial charge in [0.2, 0.25) is 5.91 Å². The minimum absolute atomic E-state index is 0.129. The summed E-state index contributed by atoms with van der Waals surface area (Å²) in [5.74, 6) is 0.536. The van der Waals surface area contributed by atoms with E-state index in [4.69, 9.17) is 9.47 Å². The molecule has 1 aliphatic heterocycles. The summed E-state index contributed by atoms with van der Waals surface area (Å²) in [6.45, 7) is 5.08. The Balaban J connectivity index is 2.28. The van der Waals surface area contributed by atoms with Crippen LogP contribution >= 0.6 is 0 Å². The molecule has 2 atom stereocenters. The number of ether oxygens (including phenoxy) is 2. The first kappa shape index (κ1) is 19.1. The smallest absolute Gasteiger partial charge is 0.254 e. The number of nitrogens with zero attached hydrogens (tertiary/aromatic N) is 2. The van der Waals surface area contributed by atoms with Crippen molar-refractivity contribution in [3.05, 3.63) is 23.8 Å². The topological polar surface area (TPSA) is 79.3 Å². The number of likely N-dealkylation sites (tertiary alicyclic amines) is 1. The van der Waals surface area contributed by atoms with Crippen LogP contribution in [-0.4, -0.2) is 72.7 Å². The molecule has 1 unspecified atom stereocenters. The van der Waals surface area contributed by atoms with Crippen molar-refractivity contribution in [2.45, 2.75) is 32.4 Å². The van der Waals surface area contributed by atoms with Gasteiger partial charge in [0.15, 0.2) is 11.5 Å². The first-order chi connectivity index (χ1) is 12.0. The van der Waals surface area contributed by atoms with Crippen LogP contribution in [0.3, 0.4) is 0 Å². The number of hydrogen-bond donors (Lipinski definition) is 1. The van der Waals surface area contributed by atoms with Gasteiger partial charge in [0.25, 0.3) is 5.91 Å². The quantitative estimate of drug-likeness (QED) is 0.832. The summed E-state index contributed by atoms with van der Waals surface area (Å²) in [7, 11) is 3.02. The van der Waals surface area contributed by atoms with Crippen LogP contribution in [0.15, 0.2) is 18.2 Å². The minimum Gasteiger partial charge on any atom is -0.493 e. The van der Waals surface area contributed by atoms with E-state index in [0.717, 1.165) is 0 Å². The van der Waals surface area contributed by atoms with Crippen LogP contribution in [0.1, 0.15) is 30.6 Å². The number of aliphatic hydroxyl groups excluding tert-OH is 1. The van der Waals surface area contributed by atoms with Crippen molar-refractivity contribution >= 4 is 11.8 Å². The Morgan fingerprint density at radius 3 is 2.40 bits per heavy atom. The lowest BCUT2D eigenvalue weighted by molar-refractivity contribution is -0.135. The maximum Gasteiger partial charge on any atom is 0.254 e. The third kappa shape index (κ3) is 3.87. The number of benzene rings is 1. The Labute approximate surface area is 148 Å². The van der Waals surface area contributed by atoms with E-state index < -0.39 is 12.1 Å². The molecule has 7 nitrogen and oxygen atoms in total. The fourth-order valence-corrected chi connectivity index (χ4v) is 3.15. The lowest BCUT2D eigenvalue weighted by Crippen LogP contribution is -2.47. The Morgan fingerprint density at radius 1 is 1.20 bits per heavy atom. The molecule has 0 radical (unpaired) electrons. The number of methoxy groups -OCH3 is 2. The Kier molecular flexibility index (Phi) is 6.25. The number of hydrogen-bond acceptors (Lipinski definition) is 5. The number of β-amino-alcohol motifs (C(OH)–C–C–N with tert-alkyl or cyclic N) is 1. The molecule has 1 saturated heterocycles. The van der Waals surface area contributed by atoms with Gasteiger partial charge in [-0.05, 0) is 32.0 Å². The summed E-state index contributed by atoms with van der Waals surface area (Å²) in [5, 5.41) is 10.0. The third-order valence-corrected chi connectivity index (χ3v) is 4.53. The van der Waals surface area contributed by atoms with Gasteiger partial charge in [-0.3, -0.25) is 9.59 Å². The number of carbonyl (C=O) groups excluding carboxylic acids is 2. The molecule has 0 aromatic heterocycles. The highest BCUT2D eigenvalue weighted by Gasteiger charge is 2.40. The summed E-state index contributed by atoms with van der Waals surface area (Å²) in [6.07, 6.45) is -0.442. The van der Waals surface area contributed by atoms with Gasteiger partial charge >= 0.3 is 0 Å². The molecular weight excluding hydrogens is 324 g/mol. The summed E-state index contributed by atoms with van der Waals surface area (Å²) in [6, 6.07) is 4.23. The van der Waals surface area contributed by atoms with E-state index in [1.54, 1.807) is 23.1 Å². The van der Waals surface area contributed by atoms with Crippen molar-refractivity contribution in [1.82, 2.24) is 9.80 Å². The fraction of sp³-hybridized carbons (Fsp3) is 0.556. The SMILES string of the molecule is CCN(CC)C(=O)C1C[C@@H](O)CN1C(=O)c1ccc(OC)c(OC)c1.